The fourth-order valence-corrected chi connectivity index (χ4v) is 2.00. The summed E-state index contributed by atoms with van der Waals surface area (Å²) in [6.45, 7) is 0.261. The molecule has 3 aromatic rings. The standard InChI is InChI=1S/C11H12N8O2/c1-17-6-12-3-7(17)10-9(11(20)21)15-16-19(10)4-8-13-5-14-18(8)2/h3,5-6H,4H2,1-2H3,(H,20,21). The number of carboxylic acids is 1. The normalized spacial score (nSPS) is 11.0. The zero-order valence-corrected chi connectivity index (χ0v) is 11.4. The summed E-state index contributed by atoms with van der Waals surface area (Å²) in [5, 5.41) is 20.9. The average molecular weight is 288 g/mol. The summed E-state index contributed by atoms with van der Waals surface area (Å²) < 4.78 is 4.78. The SMILES string of the molecule is Cn1cncc1-c1c(C(=O)O)nnn1Cc1ncnn1C. The Kier molecular flexibility index (Phi) is 2.97. The van der Waals surface area contributed by atoms with E-state index in [-0.39, 0.29) is 12.2 Å². The number of carboxylic acid groups (broad SMARTS) is 1. The van der Waals surface area contributed by atoms with E-state index in [1.54, 1.807) is 35.9 Å². The van der Waals surface area contributed by atoms with Crippen LogP contribution in [0.2, 0.25) is 0 Å². The van der Waals surface area contributed by atoms with Gasteiger partial charge in [0, 0.05) is 14.1 Å². The molecule has 1 N–H and O–H groups in total. The molecule has 108 valence electrons. The van der Waals surface area contributed by atoms with E-state index in [9.17, 15) is 9.90 Å². The molecule has 0 aliphatic heterocycles. The molecule has 0 bridgehead atoms. The summed E-state index contributed by atoms with van der Waals surface area (Å²) in [6, 6.07) is 0. The van der Waals surface area contributed by atoms with Crippen LogP contribution in [0, 0.1) is 0 Å². The zero-order chi connectivity index (χ0) is 15.0. The number of aromatic nitrogens is 8. The van der Waals surface area contributed by atoms with Gasteiger partial charge in [-0.1, -0.05) is 5.21 Å². The molecule has 21 heavy (non-hydrogen) atoms. The topological polar surface area (TPSA) is 117 Å². The minimum atomic E-state index is -1.14. The maximum atomic E-state index is 11.3. The van der Waals surface area contributed by atoms with E-state index in [0.29, 0.717) is 17.2 Å². The molecule has 0 unspecified atom stereocenters. The van der Waals surface area contributed by atoms with Gasteiger partial charge in [-0.2, -0.15) is 5.10 Å². The Morgan fingerprint density at radius 1 is 1.38 bits per heavy atom. The van der Waals surface area contributed by atoms with Crippen molar-refractivity contribution in [3.8, 4) is 11.4 Å². The summed E-state index contributed by atoms with van der Waals surface area (Å²) in [6.07, 6.45) is 4.58. The van der Waals surface area contributed by atoms with Crippen molar-refractivity contribution in [2.45, 2.75) is 6.54 Å². The first kappa shape index (κ1) is 13.0. The lowest BCUT2D eigenvalue weighted by atomic mass is 10.2. The van der Waals surface area contributed by atoms with Crippen LogP contribution in [-0.2, 0) is 20.6 Å². The Balaban J connectivity index is 2.12. The Morgan fingerprint density at radius 3 is 2.76 bits per heavy atom. The fourth-order valence-electron chi connectivity index (χ4n) is 2.00. The number of hydrogen-bond donors (Lipinski definition) is 1. The Morgan fingerprint density at radius 2 is 2.19 bits per heavy atom. The summed E-state index contributed by atoms with van der Waals surface area (Å²) in [4.78, 5) is 19.4. The molecular formula is C11H12N8O2. The van der Waals surface area contributed by atoms with Crippen molar-refractivity contribution in [1.29, 1.82) is 0 Å². The number of aromatic carboxylic acids is 1. The monoisotopic (exact) mass is 288 g/mol. The number of rotatable bonds is 4. The molecule has 0 fully saturated rings. The third-order valence-corrected chi connectivity index (χ3v) is 3.09. The first-order valence-electron chi connectivity index (χ1n) is 6.04. The quantitative estimate of drug-likeness (QED) is 0.691. The molecule has 0 saturated heterocycles. The second-order valence-corrected chi connectivity index (χ2v) is 4.44. The minimum absolute atomic E-state index is 0.124. The van der Waals surface area contributed by atoms with E-state index in [0.717, 1.165) is 0 Å². The van der Waals surface area contributed by atoms with Gasteiger partial charge in [0.25, 0.3) is 0 Å². The first-order valence-corrected chi connectivity index (χ1v) is 6.04. The highest BCUT2D eigenvalue weighted by molar-refractivity contribution is 5.92. The van der Waals surface area contributed by atoms with Gasteiger partial charge in [0.15, 0.2) is 5.69 Å². The highest BCUT2D eigenvalue weighted by Gasteiger charge is 2.23. The molecule has 0 saturated carbocycles. The second-order valence-electron chi connectivity index (χ2n) is 4.44. The van der Waals surface area contributed by atoms with Gasteiger partial charge in [-0.15, -0.1) is 5.10 Å². The molecule has 0 atom stereocenters. The van der Waals surface area contributed by atoms with Gasteiger partial charge in [0.2, 0.25) is 0 Å². The zero-order valence-electron chi connectivity index (χ0n) is 11.4. The van der Waals surface area contributed by atoms with Gasteiger partial charge in [-0.05, 0) is 0 Å². The second kappa shape index (κ2) is 4.81. The molecule has 0 amide bonds. The first-order chi connectivity index (χ1) is 10.1. The Labute approximate surface area is 118 Å². The smallest absolute Gasteiger partial charge is 0.358 e. The third-order valence-electron chi connectivity index (χ3n) is 3.09. The molecule has 10 nitrogen and oxygen atoms in total. The highest BCUT2D eigenvalue weighted by Crippen LogP contribution is 2.22. The van der Waals surface area contributed by atoms with E-state index in [1.165, 1.54) is 11.0 Å². The summed E-state index contributed by atoms with van der Waals surface area (Å²) >= 11 is 0. The predicted molar refractivity (Wildman–Crippen MR) is 69.3 cm³/mol. The number of imidazole rings is 1. The minimum Gasteiger partial charge on any atom is -0.476 e. The predicted octanol–water partition coefficient (Wildman–Crippen LogP) is -0.446. The largest absolute Gasteiger partial charge is 0.476 e. The van der Waals surface area contributed by atoms with Crippen molar-refractivity contribution in [3.63, 3.8) is 0 Å². The lowest BCUT2D eigenvalue weighted by Gasteiger charge is -2.07. The molecule has 0 radical (unpaired) electrons. The van der Waals surface area contributed by atoms with Crippen LogP contribution in [0.3, 0.4) is 0 Å². The number of carbonyl (C=O) groups is 1. The van der Waals surface area contributed by atoms with Crippen LogP contribution in [0.5, 0.6) is 0 Å². The van der Waals surface area contributed by atoms with Crippen LogP contribution in [0.25, 0.3) is 11.4 Å². The average Bonchev–Trinajstić information content (AvgIpc) is 3.12. The fraction of sp³-hybridized carbons (Fsp3) is 0.273. The lowest BCUT2D eigenvalue weighted by molar-refractivity contribution is 0.0691. The Bertz CT molecular complexity index is 799. The van der Waals surface area contributed by atoms with Crippen LogP contribution in [0.4, 0.5) is 0 Å². The van der Waals surface area contributed by atoms with Crippen LogP contribution in [-0.4, -0.2) is 50.4 Å². The van der Waals surface area contributed by atoms with E-state index in [4.69, 9.17) is 0 Å². The van der Waals surface area contributed by atoms with Gasteiger partial charge < -0.3 is 9.67 Å². The van der Waals surface area contributed by atoms with E-state index in [1.807, 2.05) is 0 Å². The maximum Gasteiger partial charge on any atom is 0.358 e. The molecular weight excluding hydrogens is 276 g/mol. The maximum absolute atomic E-state index is 11.3. The third kappa shape index (κ3) is 2.16. The van der Waals surface area contributed by atoms with Crippen LogP contribution in [0.1, 0.15) is 16.3 Å². The van der Waals surface area contributed by atoms with Gasteiger partial charge in [-0.3, -0.25) is 4.68 Å². The van der Waals surface area contributed by atoms with Crippen molar-refractivity contribution < 1.29 is 9.90 Å². The van der Waals surface area contributed by atoms with Crippen LogP contribution >= 0.6 is 0 Å². The van der Waals surface area contributed by atoms with Crippen molar-refractivity contribution in [2.75, 3.05) is 0 Å². The molecule has 3 heterocycles. The summed E-state index contributed by atoms with van der Waals surface area (Å²) in [5.41, 5.74) is 0.867. The molecule has 0 aliphatic carbocycles. The van der Waals surface area contributed by atoms with Crippen molar-refractivity contribution in [1.82, 2.24) is 39.3 Å². The van der Waals surface area contributed by atoms with Gasteiger partial charge in [0.05, 0.1) is 18.2 Å². The number of nitrogens with zero attached hydrogens (tertiary/aromatic N) is 8. The van der Waals surface area contributed by atoms with Crippen molar-refractivity contribution in [2.24, 2.45) is 14.1 Å². The van der Waals surface area contributed by atoms with Crippen molar-refractivity contribution in [3.05, 3.63) is 30.4 Å². The van der Waals surface area contributed by atoms with E-state index in [2.05, 4.69) is 25.4 Å². The number of aryl methyl sites for hydroxylation is 2. The van der Waals surface area contributed by atoms with Crippen LogP contribution in [0.15, 0.2) is 18.9 Å². The molecule has 0 aliphatic rings. The van der Waals surface area contributed by atoms with Gasteiger partial charge >= 0.3 is 5.97 Å². The van der Waals surface area contributed by atoms with Gasteiger partial charge in [0.1, 0.15) is 24.4 Å². The van der Waals surface area contributed by atoms with Gasteiger partial charge in [-0.25, -0.2) is 19.4 Å². The van der Waals surface area contributed by atoms with Crippen molar-refractivity contribution >= 4 is 5.97 Å². The van der Waals surface area contributed by atoms with E-state index < -0.39 is 5.97 Å². The summed E-state index contributed by atoms with van der Waals surface area (Å²) in [7, 11) is 3.52. The number of hydrogen-bond acceptors (Lipinski definition) is 6. The molecule has 0 aromatic carbocycles. The molecule has 3 aromatic heterocycles. The Hall–Kier alpha value is -3.04. The van der Waals surface area contributed by atoms with Crippen LogP contribution < -0.4 is 0 Å². The summed E-state index contributed by atoms with van der Waals surface area (Å²) in [5.74, 6) is -0.504. The highest BCUT2D eigenvalue weighted by atomic mass is 16.4. The lowest BCUT2D eigenvalue weighted by Crippen LogP contribution is -2.11. The molecule has 10 heteroatoms. The van der Waals surface area contributed by atoms with E-state index >= 15 is 0 Å². The molecule has 0 spiro atoms. The molecule has 3 rings (SSSR count).